The monoisotopic (exact) mass is 373 g/mol. The molecule has 0 atom stereocenters. The zero-order valence-corrected chi connectivity index (χ0v) is 14.4. The summed E-state index contributed by atoms with van der Waals surface area (Å²) in [6.45, 7) is 2.52. The van der Waals surface area contributed by atoms with E-state index >= 15 is 0 Å². The number of anilines is 1. The number of nitrogens with one attached hydrogen (secondary N) is 1. The number of hydrogen-bond donors (Lipinski definition) is 1. The third-order valence-electron chi connectivity index (χ3n) is 3.42. The van der Waals surface area contributed by atoms with Gasteiger partial charge in [0.2, 0.25) is 11.8 Å². The number of aromatic nitrogens is 2. The highest BCUT2D eigenvalue weighted by Gasteiger charge is 2.08. The first-order chi connectivity index (χ1) is 11.2. The fourth-order valence-corrected chi connectivity index (χ4v) is 2.43. The van der Waals surface area contributed by atoms with E-state index in [0.29, 0.717) is 18.3 Å². The lowest BCUT2D eigenvalue weighted by Gasteiger charge is -2.05. The number of nitrogens with zero attached hydrogens (tertiary/aromatic N) is 2. The Labute approximate surface area is 142 Å². The lowest BCUT2D eigenvalue weighted by molar-refractivity contribution is 0.415. The minimum Gasteiger partial charge on any atom is -0.497 e. The van der Waals surface area contributed by atoms with Gasteiger partial charge >= 0.3 is 0 Å². The van der Waals surface area contributed by atoms with Gasteiger partial charge in [0.1, 0.15) is 5.75 Å². The molecule has 23 heavy (non-hydrogen) atoms. The molecule has 0 aliphatic rings. The van der Waals surface area contributed by atoms with Crippen molar-refractivity contribution in [3.63, 3.8) is 0 Å². The number of hydrogen-bond acceptors (Lipinski definition) is 5. The van der Waals surface area contributed by atoms with Crippen LogP contribution >= 0.6 is 15.9 Å². The van der Waals surface area contributed by atoms with Gasteiger partial charge in [-0.2, -0.15) is 0 Å². The molecule has 0 bridgehead atoms. The number of aryl methyl sites for hydroxylation is 1. The Morgan fingerprint density at radius 1 is 1.13 bits per heavy atom. The molecule has 0 saturated heterocycles. The van der Waals surface area contributed by atoms with E-state index < -0.39 is 0 Å². The van der Waals surface area contributed by atoms with E-state index in [9.17, 15) is 0 Å². The summed E-state index contributed by atoms with van der Waals surface area (Å²) in [6.07, 6.45) is 0. The summed E-state index contributed by atoms with van der Waals surface area (Å²) in [5.74, 6) is 1.82. The molecule has 0 saturated carbocycles. The van der Waals surface area contributed by atoms with Crippen LogP contribution in [-0.2, 0) is 6.54 Å². The number of benzene rings is 2. The Balaban J connectivity index is 1.67. The molecular formula is C17H16BrN3O2. The van der Waals surface area contributed by atoms with E-state index in [-0.39, 0.29) is 0 Å². The van der Waals surface area contributed by atoms with Gasteiger partial charge in [-0.3, -0.25) is 0 Å². The summed E-state index contributed by atoms with van der Waals surface area (Å²) in [5, 5.41) is 11.4. The summed E-state index contributed by atoms with van der Waals surface area (Å²) >= 11 is 3.52. The van der Waals surface area contributed by atoms with Gasteiger partial charge in [-0.25, -0.2) is 0 Å². The van der Waals surface area contributed by atoms with Gasteiger partial charge in [0, 0.05) is 15.7 Å². The molecule has 6 heteroatoms. The lowest BCUT2D eigenvalue weighted by Crippen LogP contribution is -1.99. The SMILES string of the molecule is COc1ccc(-c2nnc(CNc3ccc(C)c(Br)c3)o2)cc1. The van der Waals surface area contributed by atoms with Crippen LogP contribution in [0.1, 0.15) is 11.5 Å². The van der Waals surface area contributed by atoms with Crippen LogP contribution in [0.25, 0.3) is 11.5 Å². The van der Waals surface area contributed by atoms with Crippen LogP contribution < -0.4 is 10.1 Å². The van der Waals surface area contributed by atoms with Crippen molar-refractivity contribution in [1.82, 2.24) is 10.2 Å². The second kappa shape index (κ2) is 6.83. The summed E-state index contributed by atoms with van der Waals surface area (Å²) in [7, 11) is 1.63. The third-order valence-corrected chi connectivity index (χ3v) is 4.27. The molecule has 0 aliphatic carbocycles. The molecule has 118 valence electrons. The van der Waals surface area contributed by atoms with E-state index in [1.54, 1.807) is 7.11 Å². The molecule has 3 aromatic rings. The predicted molar refractivity (Wildman–Crippen MR) is 92.5 cm³/mol. The number of methoxy groups -OCH3 is 1. The zero-order chi connectivity index (χ0) is 16.2. The Morgan fingerprint density at radius 2 is 1.91 bits per heavy atom. The summed E-state index contributed by atoms with van der Waals surface area (Å²) < 4.78 is 11.9. The molecule has 0 unspecified atom stereocenters. The minimum atomic E-state index is 0.471. The van der Waals surface area contributed by atoms with Crippen LogP contribution in [0, 0.1) is 6.92 Å². The highest BCUT2D eigenvalue weighted by molar-refractivity contribution is 9.10. The maximum atomic E-state index is 5.68. The van der Waals surface area contributed by atoms with E-state index in [0.717, 1.165) is 21.5 Å². The van der Waals surface area contributed by atoms with Gasteiger partial charge in [0.15, 0.2) is 0 Å². The Morgan fingerprint density at radius 3 is 2.61 bits per heavy atom. The van der Waals surface area contributed by atoms with Gasteiger partial charge in [-0.1, -0.05) is 22.0 Å². The van der Waals surface area contributed by atoms with Crippen molar-refractivity contribution < 1.29 is 9.15 Å². The van der Waals surface area contributed by atoms with Crippen LogP contribution in [-0.4, -0.2) is 17.3 Å². The summed E-state index contributed by atoms with van der Waals surface area (Å²) in [6, 6.07) is 13.6. The zero-order valence-electron chi connectivity index (χ0n) is 12.8. The van der Waals surface area contributed by atoms with Crippen LogP contribution in [0.5, 0.6) is 5.75 Å². The van der Waals surface area contributed by atoms with Crippen molar-refractivity contribution in [2.24, 2.45) is 0 Å². The van der Waals surface area contributed by atoms with Crippen molar-refractivity contribution in [3.8, 4) is 17.2 Å². The van der Waals surface area contributed by atoms with Crippen LogP contribution in [0.2, 0.25) is 0 Å². The van der Waals surface area contributed by atoms with Crippen molar-refractivity contribution in [2.45, 2.75) is 13.5 Å². The second-order valence-electron chi connectivity index (χ2n) is 5.05. The Bertz CT molecular complexity index is 800. The van der Waals surface area contributed by atoms with Gasteiger partial charge in [0.25, 0.3) is 0 Å². The van der Waals surface area contributed by atoms with Crippen molar-refractivity contribution in [1.29, 1.82) is 0 Å². The van der Waals surface area contributed by atoms with E-state index in [1.807, 2.05) is 49.4 Å². The smallest absolute Gasteiger partial charge is 0.247 e. The fourth-order valence-electron chi connectivity index (χ4n) is 2.06. The maximum Gasteiger partial charge on any atom is 0.247 e. The molecule has 0 aliphatic heterocycles. The Hall–Kier alpha value is -2.34. The molecule has 0 spiro atoms. The molecular weight excluding hydrogens is 358 g/mol. The van der Waals surface area contributed by atoms with Crippen molar-refractivity contribution >= 4 is 21.6 Å². The molecule has 0 amide bonds. The van der Waals surface area contributed by atoms with Gasteiger partial charge in [-0.15, -0.1) is 10.2 Å². The summed E-state index contributed by atoms with van der Waals surface area (Å²) in [4.78, 5) is 0. The normalized spacial score (nSPS) is 10.6. The molecule has 2 aromatic carbocycles. The van der Waals surface area contributed by atoms with Gasteiger partial charge in [-0.05, 0) is 48.9 Å². The van der Waals surface area contributed by atoms with E-state index in [2.05, 4.69) is 31.4 Å². The fraction of sp³-hybridized carbons (Fsp3) is 0.176. The molecule has 5 nitrogen and oxygen atoms in total. The molecule has 1 heterocycles. The third kappa shape index (κ3) is 3.71. The molecule has 1 aromatic heterocycles. The number of halogens is 1. The topological polar surface area (TPSA) is 60.2 Å². The lowest BCUT2D eigenvalue weighted by atomic mass is 10.2. The number of rotatable bonds is 5. The van der Waals surface area contributed by atoms with Crippen molar-refractivity contribution in [2.75, 3.05) is 12.4 Å². The van der Waals surface area contributed by atoms with Crippen LogP contribution in [0.3, 0.4) is 0 Å². The first kappa shape index (κ1) is 15.6. The second-order valence-corrected chi connectivity index (χ2v) is 5.90. The van der Waals surface area contributed by atoms with E-state index in [4.69, 9.17) is 9.15 Å². The highest BCUT2D eigenvalue weighted by atomic mass is 79.9. The highest BCUT2D eigenvalue weighted by Crippen LogP contribution is 2.23. The average molecular weight is 374 g/mol. The van der Waals surface area contributed by atoms with Crippen LogP contribution in [0.4, 0.5) is 5.69 Å². The van der Waals surface area contributed by atoms with Gasteiger partial charge in [0.05, 0.1) is 13.7 Å². The molecule has 3 rings (SSSR count). The first-order valence-electron chi connectivity index (χ1n) is 7.12. The molecule has 0 fully saturated rings. The molecule has 0 radical (unpaired) electrons. The van der Waals surface area contributed by atoms with E-state index in [1.165, 1.54) is 5.56 Å². The quantitative estimate of drug-likeness (QED) is 0.716. The standard InChI is InChI=1S/C17H16BrN3O2/c1-11-3-6-13(9-15(11)18)19-10-16-20-21-17(23-16)12-4-7-14(22-2)8-5-12/h3-9,19H,10H2,1-2H3. The first-order valence-corrected chi connectivity index (χ1v) is 7.92. The predicted octanol–water partition coefficient (Wildman–Crippen LogP) is 4.43. The maximum absolute atomic E-state index is 5.68. The average Bonchev–Trinajstić information content (AvgIpc) is 3.05. The Kier molecular flexibility index (Phi) is 4.62. The van der Waals surface area contributed by atoms with Gasteiger partial charge < -0.3 is 14.5 Å². The largest absolute Gasteiger partial charge is 0.497 e. The number of ether oxygens (including phenoxy) is 1. The summed E-state index contributed by atoms with van der Waals surface area (Å²) in [5.41, 5.74) is 3.05. The molecule has 1 N–H and O–H groups in total. The minimum absolute atomic E-state index is 0.471. The van der Waals surface area contributed by atoms with Crippen LogP contribution in [0.15, 0.2) is 51.4 Å². The van der Waals surface area contributed by atoms with Crippen molar-refractivity contribution in [3.05, 3.63) is 58.4 Å².